The number of hydrogen-bond donors (Lipinski definition) is 0. The van der Waals surface area contributed by atoms with Gasteiger partial charge in [0.15, 0.2) is 0 Å². The van der Waals surface area contributed by atoms with Crippen LogP contribution in [0.2, 0.25) is 0 Å². The number of hydrogen-bond acceptors (Lipinski definition) is 3. The van der Waals surface area contributed by atoms with E-state index in [1.54, 1.807) is 0 Å². The molecule has 3 nitrogen and oxygen atoms in total. The average Bonchev–Trinajstić information content (AvgIpc) is 2.63. The van der Waals surface area contributed by atoms with E-state index in [9.17, 15) is 14.4 Å². The van der Waals surface area contributed by atoms with Gasteiger partial charge in [-0.15, -0.1) is 0 Å². The standard InChI is InChI=1S/C22H33Cl3O3/c1-2-3-8-11-16-14-15-17(20(22(25)28)19(16)21(24)27)12-9-6-4-5-7-10-13-18(23)26/h14-17,19-20H,2-13H2,1H3. The molecule has 1 rings (SSSR count). The highest BCUT2D eigenvalue weighted by molar-refractivity contribution is 6.66. The molecule has 0 heterocycles. The molecule has 4 atom stereocenters. The van der Waals surface area contributed by atoms with Crippen molar-refractivity contribution in [3.8, 4) is 0 Å². The van der Waals surface area contributed by atoms with E-state index in [1.807, 2.05) is 0 Å². The van der Waals surface area contributed by atoms with Crippen molar-refractivity contribution in [2.75, 3.05) is 0 Å². The monoisotopic (exact) mass is 450 g/mol. The zero-order valence-corrected chi connectivity index (χ0v) is 19.1. The molecule has 0 aromatic carbocycles. The van der Waals surface area contributed by atoms with Crippen LogP contribution in [-0.4, -0.2) is 15.7 Å². The van der Waals surface area contributed by atoms with E-state index in [2.05, 4.69) is 19.1 Å². The Morgan fingerprint density at radius 3 is 1.54 bits per heavy atom. The maximum atomic E-state index is 12.1. The van der Waals surface area contributed by atoms with Crippen molar-refractivity contribution in [3.05, 3.63) is 12.2 Å². The Hall–Kier alpha value is -0.380. The zero-order chi connectivity index (χ0) is 20.9. The Morgan fingerprint density at radius 2 is 1.11 bits per heavy atom. The van der Waals surface area contributed by atoms with Gasteiger partial charge in [-0.3, -0.25) is 14.4 Å². The number of halogens is 3. The quantitative estimate of drug-likeness (QED) is 0.153. The fourth-order valence-corrected chi connectivity index (χ4v) is 4.94. The van der Waals surface area contributed by atoms with Crippen LogP contribution in [0, 0.1) is 23.7 Å². The van der Waals surface area contributed by atoms with Gasteiger partial charge in [0.2, 0.25) is 15.7 Å². The largest absolute Gasteiger partial charge is 0.281 e. The molecule has 1 aliphatic rings. The highest BCUT2D eigenvalue weighted by atomic mass is 35.5. The third-order valence-corrected chi connectivity index (χ3v) is 6.43. The number of carbonyl (C=O) groups is 3. The summed E-state index contributed by atoms with van der Waals surface area (Å²) in [6.45, 7) is 2.14. The minimum atomic E-state index is -0.516. The summed E-state index contributed by atoms with van der Waals surface area (Å²) in [7, 11) is 0. The second-order valence-electron chi connectivity index (χ2n) is 7.88. The summed E-state index contributed by atoms with van der Waals surface area (Å²) >= 11 is 17.2. The minimum absolute atomic E-state index is 0.00476. The third-order valence-electron chi connectivity index (χ3n) is 5.74. The van der Waals surface area contributed by atoms with Crippen LogP contribution in [0.15, 0.2) is 12.2 Å². The van der Waals surface area contributed by atoms with Crippen LogP contribution in [0.5, 0.6) is 0 Å². The summed E-state index contributed by atoms with van der Waals surface area (Å²) in [5.74, 6) is -1.04. The molecule has 4 unspecified atom stereocenters. The van der Waals surface area contributed by atoms with Crippen LogP contribution in [0.4, 0.5) is 0 Å². The number of rotatable bonds is 15. The first-order valence-corrected chi connectivity index (χ1v) is 11.8. The van der Waals surface area contributed by atoms with E-state index in [0.717, 1.165) is 70.6 Å². The van der Waals surface area contributed by atoms with E-state index in [4.69, 9.17) is 34.8 Å². The molecule has 160 valence electrons. The normalized spacial score (nSPS) is 24.3. The topological polar surface area (TPSA) is 51.2 Å². The molecule has 0 aromatic heterocycles. The molecule has 0 N–H and O–H groups in total. The highest BCUT2D eigenvalue weighted by Gasteiger charge is 2.42. The van der Waals surface area contributed by atoms with Crippen molar-refractivity contribution in [3.63, 3.8) is 0 Å². The van der Waals surface area contributed by atoms with Gasteiger partial charge in [-0.25, -0.2) is 0 Å². The molecule has 6 heteroatoms. The molecule has 0 radical (unpaired) electrons. The zero-order valence-electron chi connectivity index (χ0n) is 16.8. The molecule has 0 saturated heterocycles. The molecule has 0 aliphatic heterocycles. The Kier molecular flexibility index (Phi) is 13.4. The summed E-state index contributed by atoms with van der Waals surface area (Å²) in [4.78, 5) is 35.0. The van der Waals surface area contributed by atoms with E-state index in [0.29, 0.717) is 6.42 Å². The Labute approximate surface area is 184 Å². The molecule has 0 fully saturated rings. The van der Waals surface area contributed by atoms with Gasteiger partial charge in [0.05, 0.1) is 11.8 Å². The van der Waals surface area contributed by atoms with Crippen molar-refractivity contribution >= 4 is 50.5 Å². The molecule has 0 saturated carbocycles. The summed E-state index contributed by atoms with van der Waals surface area (Å²) in [6, 6.07) is 0. The molecule has 0 spiro atoms. The molecule has 28 heavy (non-hydrogen) atoms. The minimum Gasteiger partial charge on any atom is -0.281 e. The van der Waals surface area contributed by atoms with Crippen LogP contribution in [-0.2, 0) is 14.4 Å². The van der Waals surface area contributed by atoms with Crippen LogP contribution >= 0.6 is 34.8 Å². The average molecular weight is 452 g/mol. The first-order chi connectivity index (χ1) is 13.4. The van der Waals surface area contributed by atoms with Crippen molar-refractivity contribution in [2.24, 2.45) is 23.7 Å². The molecule has 0 amide bonds. The van der Waals surface area contributed by atoms with Crippen molar-refractivity contribution in [1.82, 2.24) is 0 Å². The third kappa shape index (κ3) is 9.41. The second-order valence-corrected chi connectivity index (χ2v) is 9.05. The lowest BCUT2D eigenvalue weighted by atomic mass is 9.68. The van der Waals surface area contributed by atoms with Gasteiger partial charge < -0.3 is 0 Å². The van der Waals surface area contributed by atoms with Gasteiger partial charge in [0.25, 0.3) is 0 Å². The first kappa shape index (κ1) is 25.7. The lowest BCUT2D eigenvalue weighted by molar-refractivity contribution is -0.127. The number of carbonyl (C=O) groups excluding carboxylic acids is 3. The smallest absolute Gasteiger partial charge is 0.226 e. The fourth-order valence-electron chi connectivity index (χ4n) is 4.21. The van der Waals surface area contributed by atoms with E-state index >= 15 is 0 Å². The maximum Gasteiger partial charge on any atom is 0.226 e. The predicted octanol–water partition coefficient (Wildman–Crippen LogP) is 7.02. The molecule has 0 bridgehead atoms. The van der Waals surface area contributed by atoms with Crippen molar-refractivity contribution in [1.29, 1.82) is 0 Å². The van der Waals surface area contributed by atoms with Crippen LogP contribution < -0.4 is 0 Å². The van der Waals surface area contributed by atoms with Crippen LogP contribution in [0.25, 0.3) is 0 Å². The molecular formula is C22H33Cl3O3. The van der Waals surface area contributed by atoms with Crippen LogP contribution in [0.1, 0.15) is 84.0 Å². The van der Waals surface area contributed by atoms with Gasteiger partial charge in [-0.05, 0) is 65.9 Å². The summed E-state index contributed by atoms with van der Waals surface area (Å²) < 4.78 is 0. The second kappa shape index (κ2) is 14.6. The Morgan fingerprint density at radius 1 is 0.679 bits per heavy atom. The molecule has 0 aromatic rings. The SMILES string of the molecule is CCCCCC1C=CC(CCCCCCCCC(=O)Cl)C(C(=O)Cl)C1C(=O)Cl. The highest BCUT2D eigenvalue weighted by Crippen LogP contribution is 2.41. The summed E-state index contributed by atoms with van der Waals surface area (Å²) in [5, 5.41) is -1.15. The fraction of sp³-hybridized carbons (Fsp3) is 0.773. The van der Waals surface area contributed by atoms with E-state index in [-0.39, 0.29) is 17.1 Å². The lowest BCUT2D eigenvalue weighted by Gasteiger charge is -2.36. The maximum absolute atomic E-state index is 12.1. The molecular weight excluding hydrogens is 419 g/mol. The van der Waals surface area contributed by atoms with E-state index in [1.165, 1.54) is 0 Å². The van der Waals surface area contributed by atoms with Gasteiger partial charge in [0.1, 0.15) is 0 Å². The summed E-state index contributed by atoms with van der Waals surface area (Å²) in [6.07, 6.45) is 15.6. The first-order valence-electron chi connectivity index (χ1n) is 10.6. The Bertz CT molecular complexity index is 533. The van der Waals surface area contributed by atoms with Gasteiger partial charge >= 0.3 is 0 Å². The van der Waals surface area contributed by atoms with Gasteiger partial charge in [0, 0.05) is 6.42 Å². The lowest BCUT2D eigenvalue weighted by Crippen LogP contribution is -2.38. The van der Waals surface area contributed by atoms with Crippen LogP contribution in [0.3, 0.4) is 0 Å². The van der Waals surface area contributed by atoms with E-state index < -0.39 is 22.3 Å². The van der Waals surface area contributed by atoms with Crippen molar-refractivity contribution < 1.29 is 14.4 Å². The number of allylic oxidation sites excluding steroid dienone is 2. The Balaban J connectivity index is 2.53. The summed E-state index contributed by atoms with van der Waals surface area (Å²) in [5.41, 5.74) is 0. The van der Waals surface area contributed by atoms with Crippen molar-refractivity contribution in [2.45, 2.75) is 84.0 Å². The van der Waals surface area contributed by atoms with Gasteiger partial charge in [-0.2, -0.15) is 0 Å². The number of unbranched alkanes of at least 4 members (excludes halogenated alkanes) is 7. The van der Waals surface area contributed by atoms with Gasteiger partial charge in [-0.1, -0.05) is 70.4 Å². The molecule has 1 aliphatic carbocycles. The predicted molar refractivity (Wildman–Crippen MR) is 117 cm³/mol.